The molecule has 0 spiro atoms. The molecule has 1 atom stereocenters. The summed E-state index contributed by atoms with van der Waals surface area (Å²) in [6.07, 6.45) is 3.46. The van der Waals surface area contributed by atoms with E-state index in [2.05, 4.69) is 0 Å². The van der Waals surface area contributed by atoms with Gasteiger partial charge in [0, 0.05) is 13.1 Å². The SMILES string of the molecule is CC1(C(=O)O)CCN(C(=O)CS(=O)(=O)C2CCCC2)C1. The van der Waals surface area contributed by atoms with Gasteiger partial charge in [0.15, 0.2) is 9.84 Å². The average Bonchev–Trinajstić information content (AvgIpc) is 2.97. The third-order valence-corrected chi connectivity index (χ3v) is 6.61. The number of hydrogen-bond acceptors (Lipinski definition) is 4. The number of carbonyl (C=O) groups excluding carboxylic acids is 1. The highest BCUT2D eigenvalue weighted by atomic mass is 32.2. The molecule has 1 saturated carbocycles. The number of carboxylic acids is 1. The van der Waals surface area contributed by atoms with E-state index in [9.17, 15) is 18.0 Å². The Hall–Kier alpha value is -1.11. The molecule has 1 N–H and O–H groups in total. The largest absolute Gasteiger partial charge is 0.481 e. The van der Waals surface area contributed by atoms with Crippen LogP contribution < -0.4 is 0 Å². The fourth-order valence-corrected chi connectivity index (χ4v) is 4.79. The van der Waals surface area contributed by atoms with Crippen molar-refractivity contribution in [3.63, 3.8) is 0 Å². The first-order valence-corrected chi connectivity index (χ1v) is 8.69. The minimum Gasteiger partial charge on any atom is -0.481 e. The molecule has 2 aliphatic rings. The van der Waals surface area contributed by atoms with Crippen molar-refractivity contribution in [1.82, 2.24) is 4.90 Å². The summed E-state index contributed by atoms with van der Waals surface area (Å²) in [6, 6.07) is 0. The molecule has 0 aromatic rings. The fourth-order valence-electron chi connectivity index (χ4n) is 2.98. The summed E-state index contributed by atoms with van der Waals surface area (Å²) in [4.78, 5) is 24.6. The zero-order valence-corrected chi connectivity index (χ0v) is 12.5. The van der Waals surface area contributed by atoms with Gasteiger partial charge in [0.25, 0.3) is 0 Å². The van der Waals surface area contributed by atoms with E-state index in [1.807, 2.05) is 0 Å². The second-order valence-electron chi connectivity index (χ2n) is 6.14. The summed E-state index contributed by atoms with van der Waals surface area (Å²) >= 11 is 0. The number of carbonyl (C=O) groups is 2. The number of sulfone groups is 1. The third-order valence-electron chi connectivity index (χ3n) is 4.48. The number of likely N-dealkylation sites (tertiary alicyclic amines) is 1. The minimum absolute atomic E-state index is 0.0986. The quantitative estimate of drug-likeness (QED) is 0.824. The Kier molecular flexibility index (Phi) is 4.09. The Morgan fingerprint density at radius 1 is 1.30 bits per heavy atom. The van der Waals surface area contributed by atoms with Gasteiger partial charge in [-0.05, 0) is 26.2 Å². The first-order chi connectivity index (χ1) is 9.24. The lowest BCUT2D eigenvalue weighted by Crippen LogP contribution is -2.39. The van der Waals surface area contributed by atoms with Crippen LogP contribution in [0.3, 0.4) is 0 Å². The molecule has 0 aromatic heterocycles. The Morgan fingerprint density at radius 2 is 1.90 bits per heavy atom. The van der Waals surface area contributed by atoms with Crippen molar-refractivity contribution in [3.05, 3.63) is 0 Å². The topological polar surface area (TPSA) is 91.8 Å². The Morgan fingerprint density at radius 3 is 2.40 bits per heavy atom. The molecule has 1 saturated heterocycles. The van der Waals surface area contributed by atoms with E-state index in [1.165, 1.54) is 4.90 Å². The number of carboxylic acid groups (broad SMARTS) is 1. The van der Waals surface area contributed by atoms with Gasteiger partial charge in [-0.2, -0.15) is 0 Å². The molecule has 2 rings (SSSR count). The van der Waals surface area contributed by atoms with Crippen molar-refractivity contribution < 1.29 is 23.1 Å². The molecule has 1 aliphatic heterocycles. The predicted molar refractivity (Wildman–Crippen MR) is 73.0 cm³/mol. The lowest BCUT2D eigenvalue weighted by atomic mass is 9.90. The Bertz CT molecular complexity index is 509. The number of rotatable bonds is 4. The van der Waals surface area contributed by atoms with Crippen molar-refractivity contribution in [2.24, 2.45) is 5.41 Å². The van der Waals surface area contributed by atoms with Crippen LogP contribution in [-0.2, 0) is 19.4 Å². The maximum absolute atomic E-state index is 12.1. The molecule has 0 aromatic carbocycles. The third kappa shape index (κ3) is 2.97. The molecule has 7 heteroatoms. The molecule has 20 heavy (non-hydrogen) atoms. The van der Waals surface area contributed by atoms with E-state index in [0.29, 0.717) is 25.8 Å². The molecule has 6 nitrogen and oxygen atoms in total. The van der Waals surface area contributed by atoms with Crippen LogP contribution in [-0.4, -0.2) is 54.4 Å². The van der Waals surface area contributed by atoms with E-state index >= 15 is 0 Å². The van der Waals surface area contributed by atoms with Gasteiger partial charge in [-0.15, -0.1) is 0 Å². The molecular weight excluding hydrogens is 282 g/mol. The summed E-state index contributed by atoms with van der Waals surface area (Å²) in [7, 11) is -3.39. The Balaban J connectivity index is 1.98. The maximum Gasteiger partial charge on any atom is 0.311 e. The van der Waals surface area contributed by atoms with Gasteiger partial charge in [-0.3, -0.25) is 9.59 Å². The van der Waals surface area contributed by atoms with Gasteiger partial charge >= 0.3 is 5.97 Å². The molecule has 1 unspecified atom stereocenters. The van der Waals surface area contributed by atoms with Crippen molar-refractivity contribution in [3.8, 4) is 0 Å². The predicted octanol–water partition coefficient (Wildman–Crippen LogP) is 0.667. The van der Waals surface area contributed by atoms with Gasteiger partial charge in [0.05, 0.1) is 10.7 Å². The first kappa shape index (κ1) is 15.3. The van der Waals surface area contributed by atoms with Gasteiger partial charge in [0.2, 0.25) is 5.91 Å². The number of nitrogens with zero attached hydrogens (tertiary/aromatic N) is 1. The van der Waals surface area contributed by atoms with Crippen molar-refractivity contribution >= 4 is 21.7 Å². The van der Waals surface area contributed by atoms with Gasteiger partial charge in [0.1, 0.15) is 5.75 Å². The second kappa shape index (κ2) is 5.35. The lowest BCUT2D eigenvalue weighted by molar-refractivity contribution is -0.147. The van der Waals surface area contributed by atoms with Crippen LogP contribution >= 0.6 is 0 Å². The summed E-state index contributed by atoms with van der Waals surface area (Å²) in [5, 5.41) is 8.73. The normalized spacial score (nSPS) is 27.9. The maximum atomic E-state index is 12.1. The molecule has 2 fully saturated rings. The van der Waals surface area contributed by atoms with Crippen LogP contribution in [0.15, 0.2) is 0 Å². The van der Waals surface area contributed by atoms with E-state index < -0.39 is 32.9 Å². The molecule has 1 heterocycles. The standard InChI is InChI=1S/C13H21NO5S/c1-13(12(16)17)6-7-14(9-13)11(15)8-20(18,19)10-4-2-3-5-10/h10H,2-9H2,1H3,(H,16,17). The van der Waals surface area contributed by atoms with Crippen LogP contribution in [0.2, 0.25) is 0 Å². The highest BCUT2D eigenvalue weighted by molar-refractivity contribution is 7.92. The number of hydrogen-bond donors (Lipinski definition) is 1. The number of aliphatic carboxylic acids is 1. The summed E-state index contributed by atoms with van der Waals surface area (Å²) in [6.45, 7) is 2.01. The smallest absolute Gasteiger partial charge is 0.311 e. The summed E-state index contributed by atoms with van der Waals surface area (Å²) in [5.41, 5.74) is -0.952. The van der Waals surface area contributed by atoms with Crippen molar-refractivity contribution in [1.29, 1.82) is 0 Å². The van der Waals surface area contributed by atoms with Crippen LogP contribution in [0.25, 0.3) is 0 Å². The highest BCUT2D eigenvalue weighted by Crippen LogP contribution is 2.31. The summed E-state index contributed by atoms with van der Waals surface area (Å²) in [5.74, 6) is -1.87. The summed E-state index contributed by atoms with van der Waals surface area (Å²) < 4.78 is 24.3. The van der Waals surface area contributed by atoms with Crippen molar-refractivity contribution in [2.75, 3.05) is 18.8 Å². The average molecular weight is 303 g/mol. The van der Waals surface area contributed by atoms with Crippen LogP contribution in [0.5, 0.6) is 0 Å². The van der Waals surface area contributed by atoms with Crippen LogP contribution in [0.1, 0.15) is 39.0 Å². The molecule has 114 valence electrons. The zero-order valence-electron chi connectivity index (χ0n) is 11.7. The van der Waals surface area contributed by atoms with Gasteiger partial charge in [-0.1, -0.05) is 12.8 Å². The van der Waals surface area contributed by atoms with Gasteiger partial charge < -0.3 is 10.0 Å². The fraction of sp³-hybridized carbons (Fsp3) is 0.846. The minimum atomic E-state index is -3.39. The van der Waals surface area contributed by atoms with Gasteiger partial charge in [-0.25, -0.2) is 8.42 Å². The first-order valence-electron chi connectivity index (χ1n) is 6.97. The van der Waals surface area contributed by atoms with Crippen LogP contribution in [0, 0.1) is 5.41 Å². The van der Waals surface area contributed by atoms with E-state index in [-0.39, 0.29) is 11.8 Å². The highest BCUT2D eigenvalue weighted by Gasteiger charge is 2.43. The molecular formula is C13H21NO5S. The Labute approximate surface area is 119 Å². The zero-order chi connectivity index (χ0) is 15.0. The van der Waals surface area contributed by atoms with E-state index in [1.54, 1.807) is 6.92 Å². The monoisotopic (exact) mass is 303 g/mol. The molecule has 1 aliphatic carbocycles. The molecule has 1 amide bonds. The number of amides is 1. The van der Waals surface area contributed by atoms with E-state index in [0.717, 1.165) is 12.8 Å². The van der Waals surface area contributed by atoms with Crippen molar-refractivity contribution in [2.45, 2.75) is 44.3 Å². The van der Waals surface area contributed by atoms with Crippen LogP contribution in [0.4, 0.5) is 0 Å². The molecule has 0 radical (unpaired) electrons. The van der Waals surface area contributed by atoms with E-state index in [4.69, 9.17) is 5.11 Å². The lowest BCUT2D eigenvalue weighted by Gasteiger charge is -2.21. The second-order valence-corrected chi connectivity index (χ2v) is 8.43. The molecule has 0 bridgehead atoms.